The number of aromatic nitrogens is 3. The summed E-state index contributed by atoms with van der Waals surface area (Å²) in [5.74, 6) is 0.211. The molecule has 0 aliphatic heterocycles. The first-order chi connectivity index (χ1) is 13.8. The maximum atomic E-state index is 13.3. The molecular formula is C20H13ClF3N4S+. The minimum absolute atomic E-state index is 0.0966. The van der Waals surface area contributed by atoms with Crippen molar-refractivity contribution in [1.82, 2.24) is 15.0 Å². The second-order valence-corrected chi connectivity index (χ2v) is 7.68. The van der Waals surface area contributed by atoms with E-state index in [2.05, 4.69) is 26.8 Å². The van der Waals surface area contributed by atoms with E-state index >= 15 is 0 Å². The van der Waals surface area contributed by atoms with E-state index in [0.717, 1.165) is 17.2 Å². The van der Waals surface area contributed by atoms with Crippen LogP contribution in [0.2, 0.25) is 0 Å². The summed E-state index contributed by atoms with van der Waals surface area (Å²) >= 11 is 7.60. The molecule has 0 fully saturated rings. The van der Waals surface area contributed by atoms with Gasteiger partial charge < -0.3 is 5.32 Å². The minimum atomic E-state index is -4.49. The molecule has 29 heavy (non-hydrogen) atoms. The van der Waals surface area contributed by atoms with E-state index in [1.165, 1.54) is 35.9 Å². The van der Waals surface area contributed by atoms with Crippen molar-refractivity contribution in [3.05, 3.63) is 82.5 Å². The molecular weight excluding hydrogens is 421 g/mol. The van der Waals surface area contributed by atoms with Crippen molar-refractivity contribution in [2.75, 3.05) is 5.32 Å². The third-order valence-corrected chi connectivity index (χ3v) is 5.59. The summed E-state index contributed by atoms with van der Waals surface area (Å²) in [6.07, 6.45) is 2.70. The van der Waals surface area contributed by atoms with Gasteiger partial charge in [0.15, 0.2) is 10.9 Å². The largest absolute Gasteiger partial charge is 0.418 e. The molecule has 0 amide bonds. The Balaban J connectivity index is 1.69. The number of rotatable bonds is 4. The number of para-hydroxylation sites is 1. The van der Waals surface area contributed by atoms with Crippen LogP contribution in [0.4, 0.5) is 24.7 Å². The van der Waals surface area contributed by atoms with Gasteiger partial charge in [-0.15, -0.1) is 0 Å². The number of benzene rings is 1. The number of anilines is 2. The smallest absolute Gasteiger partial charge is 0.338 e. The van der Waals surface area contributed by atoms with Gasteiger partial charge in [0.25, 0.3) is 0 Å². The number of hydrogen-bond donors (Lipinski definition) is 1. The van der Waals surface area contributed by atoms with Gasteiger partial charge in [-0.25, -0.2) is 15.0 Å². The number of thiazole rings is 1. The number of hydrogen-bond acceptors (Lipinski definition) is 5. The van der Waals surface area contributed by atoms with Crippen molar-refractivity contribution in [1.29, 1.82) is 0 Å². The molecule has 0 saturated heterocycles. The highest BCUT2D eigenvalue weighted by atomic mass is 35.5. The normalized spacial score (nSPS) is 14.4. The molecule has 146 valence electrons. The second kappa shape index (κ2) is 7.53. The molecule has 9 heteroatoms. The van der Waals surface area contributed by atoms with E-state index in [1.807, 2.05) is 12.2 Å². The summed E-state index contributed by atoms with van der Waals surface area (Å²) in [6, 6.07) is 5.23. The summed E-state index contributed by atoms with van der Waals surface area (Å²) in [5.41, 5.74) is 1.17. The Morgan fingerprint density at radius 2 is 2.00 bits per heavy atom. The van der Waals surface area contributed by atoms with Crippen LogP contribution in [0, 0.1) is 6.42 Å². The van der Waals surface area contributed by atoms with Gasteiger partial charge in [-0.3, -0.25) is 0 Å². The van der Waals surface area contributed by atoms with Gasteiger partial charge in [0, 0.05) is 6.08 Å². The number of allylic oxidation sites excluding steroid dienone is 5. The van der Waals surface area contributed by atoms with E-state index in [1.54, 1.807) is 6.42 Å². The van der Waals surface area contributed by atoms with Crippen LogP contribution in [-0.4, -0.2) is 15.0 Å². The predicted octanol–water partition coefficient (Wildman–Crippen LogP) is 6.21. The highest BCUT2D eigenvalue weighted by Gasteiger charge is 2.33. The second-order valence-electron chi connectivity index (χ2n) is 6.21. The van der Waals surface area contributed by atoms with Crippen LogP contribution in [0.15, 0.2) is 65.5 Å². The first kappa shape index (κ1) is 19.5. The zero-order chi connectivity index (χ0) is 20.6. The number of fused-ring (bicyclic) bond motifs is 1. The van der Waals surface area contributed by atoms with Gasteiger partial charge in [-0.1, -0.05) is 41.6 Å². The lowest BCUT2D eigenvalue weighted by molar-refractivity contribution is -0.136. The molecule has 1 aliphatic rings. The Hall–Kier alpha value is -2.84. The number of alkyl halides is 3. The first-order valence-corrected chi connectivity index (χ1v) is 9.65. The average Bonchev–Trinajstić information content (AvgIpc) is 3.08. The predicted molar refractivity (Wildman–Crippen MR) is 109 cm³/mol. The Bertz CT molecular complexity index is 1160. The molecule has 1 aliphatic carbocycles. The van der Waals surface area contributed by atoms with Crippen LogP contribution >= 0.6 is 22.9 Å². The van der Waals surface area contributed by atoms with Gasteiger partial charge in [0.1, 0.15) is 21.7 Å². The quantitative estimate of drug-likeness (QED) is 0.496. The van der Waals surface area contributed by atoms with Crippen LogP contribution in [0.25, 0.3) is 10.3 Å². The lowest BCUT2D eigenvalue weighted by Gasteiger charge is -2.13. The van der Waals surface area contributed by atoms with Gasteiger partial charge in [-0.2, -0.15) is 13.2 Å². The zero-order valence-corrected chi connectivity index (χ0v) is 16.4. The standard InChI is InChI=1S/C20H13ClF3N4S/c1-11-5-4-7-14(21)12(11)9-16-28-17-18(25-10-26-19(17)29-16)27-15-8-3-2-6-13(15)20(22,23)24/h2-8,10H,1,9H2,(H,25,26,27)/q+1. The molecule has 4 rings (SSSR count). The fraction of sp³-hybridized carbons (Fsp3) is 0.100. The van der Waals surface area contributed by atoms with E-state index in [-0.39, 0.29) is 11.5 Å². The van der Waals surface area contributed by atoms with Gasteiger partial charge in [-0.05, 0) is 12.1 Å². The highest BCUT2D eigenvalue weighted by Crippen LogP contribution is 2.37. The summed E-state index contributed by atoms with van der Waals surface area (Å²) in [6.45, 7) is 3.98. The van der Waals surface area contributed by atoms with E-state index in [0.29, 0.717) is 26.8 Å². The maximum absolute atomic E-state index is 13.3. The van der Waals surface area contributed by atoms with E-state index in [9.17, 15) is 13.2 Å². The molecule has 2 heterocycles. The molecule has 4 nitrogen and oxygen atoms in total. The van der Waals surface area contributed by atoms with Crippen molar-refractivity contribution in [2.45, 2.75) is 12.6 Å². The van der Waals surface area contributed by atoms with Crippen LogP contribution in [-0.2, 0) is 12.6 Å². The van der Waals surface area contributed by atoms with Crippen molar-refractivity contribution < 1.29 is 13.2 Å². The Kier molecular flexibility index (Phi) is 5.06. The minimum Gasteiger partial charge on any atom is -0.338 e. The molecule has 3 aromatic rings. The Labute approximate surface area is 173 Å². The van der Waals surface area contributed by atoms with Gasteiger partial charge in [0.2, 0.25) is 0 Å². The number of nitrogens with one attached hydrogen (secondary N) is 1. The summed E-state index contributed by atoms with van der Waals surface area (Å²) < 4.78 is 39.8. The lowest BCUT2D eigenvalue weighted by Crippen LogP contribution is -2.09. The number of nitrogens with zero attached hydrogens (tertiary/aromatic N) is 3. The molecule has 2 aromatic heterocycles. The van der Waals surface area contributed by atoms with E-state index in [4.69, 9.17) is 11.6 Å². The zero-order valence-electron chi connectivity index (χ0n) is 14.8. The summed E-state index contributed by atoms with van der Waals surface area (Å²) in [5, 5.41) is 4.05. The lowest BCUT2D eigenvalue weighted by atomic mass is 9.98. The topological polar surface area (TPSA) is 50.7 Å². The summed E-state index contributed by atoms with van der Waals surface area (Å²) in [7, 11) is 0. The maximum Gasteiger partial charge on any atom is 0.418 e. The monoisotopic (exact) mass is 433 g/mol. The van der Waals surface area contributed by atoms with Crippen molar-refractivity contribution in [3.63, 3.8) is 0 Å². The molecule has 0 bridgehead atoms. The molecule has 0 atom stereocenters. The fourth-order valence-corrected chi connectivity index (χ4v) is 4.06. The van der Waals surface area contributed by atoms with Crippen LogP contribution in [0.1, 0.15) is 10.6 Å². The van der Waals surface area contributed by atoms with Crippen molar-refractivity contribution in [2.24, 2.45) is 0 Å². The molecule has 0 spiro atoms. The molecule has 1 aromatic carbocycles. The number of halogens is 4. The third-order valence-electron chi connectivity index (χ3n) is 4.27. The molecule has 0 saturated carbocycles. The third kappa shape index (κ3) is 3.99. The molecule has 0 unspecified atom stereocenters. The van der Waals surface area contributed by atoms with Crippen LogP contribution in [0.5, 0.6) is 0 Å². The fourth-order valence-electron chi connectivity index (χ4n) is 2.88. The SMILES string of the molecule is C=C1C=C[CH+]C(Cl)=C1Cc1nc2c(Nc3ccccc3C(F)(F)F)ncnc2s1. The first-order valence-electron chi connectivity index (χ1n) is 8.46. The van der Waals surface area contributed by atoms with Crippen molar-refractivity contribution >= 4 is 44.8 Å². The van der Waals surface area contributed by atoms with E-state index < -0.39 is 11.7 Å². The van der Waals surface area contributed by atoms with Crippen molar-refractivity contribution in [3.8, 4) is 0 Å². The van der Waals surface area contributed by atoms with Crippen LogP contribution in [0.3, 0.4) is 0 Å². The van der Waals surface area contributed by atoms with Gasteiger partial charge in [0.05, 0.1) is 41.3 Å². The Morgan fingerprint density at radius 3 is 2.76 bits per heavy atom. The van der Waals surface area contributed by atoms with Crippen LogP contribution < -0.4 is 5.32 Å². The average molecular weight is 434 g/mol. The van der Waals surface area contributed by atoms with Gasteiger partial charge >= 0.3 is 6.18 Å². The summed E-state index contributed by atoms with van der Waals surface area (Å²) in [4.78, 5) is 13.4. The highest BCUT2D eigenvalue weighted by molar-refractivity contribution is 7.18. The Morgan fingerprint density at radius 1 is 1.21 bits per heavy atom. The molecule has 0 radical (unpaired) electrons. The molecule has 1 N–H and O–H groups in total.